The van der Waals surface area contributed by atoms with Gasteiger partial charge in [0.05, 0.1) is 6.20 Å². The summed E-state index contributed by atoms with van der Waals surface area (Å²) >= 11 is 0. The minimum atomic E-state index is -0.945. The number of hydrogen-bond acceptors (Lipinski definition) is 9. The number of nitrogens with two attached hydrogens (primary N) is 1. The number of hydrogen-bond donors (Lipinski definition) is 4. The van der Waals surface area contributed by atoms with Gasteiger partial charge in [-0.15, -0.1) is 0 Å². The van der Waals surface area contributed by atoms with Crippen molar-refractivity contribution in [3.63, 3.8) is 0 Å². The van der Waals surface area contributed by atoms with E-state index in [4.69, 9.17) is 15.2 Å². The highest BCUT2D eigenvalue weighted by Crippen LogP contribution is 2.26. The molecule has 1 heterocycles. The van der Waals surface area contributed by atoms with Crippen LogP contribution >= 0.6 is 0 Å². The number of aromatic nitrogens is 2. The molecule has 0 aliphatic carbocycles. The highest BCUT2D eigenvalue weighted by Gasteiger charge is 2.18. The van der Waals surface area contributed by atoms with Gasteiger partial charge in [0.25, 0.3) is 0 Å². The van der Waals surface area contributed by atoms with Gasteiger partial charge in [0.2, 0.25) is 11.9 Å². The first-order valence-corrected chi connectivity index (χ1v) is 11.7. The first-order valence-electron chi connectivity index (χ1n) is 11.7. The van der Waals surface area contributed by atoms with Gasteiger partial charge < -0.3 is 31.2 Å². The Balaban J connectivity index is 1.64. The molecule has 1 amide bonds. The van der Waals surface area contributed by atoms with Crippen LogP contribution in [-0.4, -0.2) is 40.6 Å². The molecular weight excluding hydrogens is 510 g/mol. The maximum Gasteiger partial charge on any atom is 0.327 e. The second kappa shape index (κ2) is 13.1. The third-order valence-corrected chi connectivity index (χ3v) is 5.08. The van der Waals surface area contributed by atoms with E-state index in [1.807, 2.05) is 0 Å². The zero-order chi connectivity index (χ0) is 28.5. The second-order valence-corrected chi connectivity index (χ2v) is 8.44. The summed E-state index contributed by atoms with van der Waals surface area (Å²) in [6.07, 6.45) is 1.43. The summed E-state index contributed by atoms with van der Waals surface area (Å²) in [6, 6.07) is 9.65. The van der Waals surface area contributed by atoms with Crippen molar-refractivity contribution in [1.82, 2.24) is 9.97 Å². The zero-order valence-electron chi connectivity index (χ0n) is 21.3. The molecule has 12 heteroatoms. The molecule has 0 spiro atoms. The molecule has 0 fully saturated rings. The smallest absolute Gasteiger partial charge is 0.327 e. The van der Waals surface area contributed by atoms with Crippen molar-refractivity contribution in [3.05, 3.63) is 85.1 Å². The lowest BCUT2D eigenvalue weighted by Gasteiger charge is -2.17. The number of esters is 1. The Morgan fingerprint density at radius 1 is 1.10 bits per heavy atom. The third kappa shape index (κ3) is 8.33. The van der Waals surface area contributed by atoms with Crippen LogP contribution in [0.1, 0.15) is 13.8 Å². The Kier molecular flexibility index (Phi) is 9.65. The topological polar surface area (TPSA) is 140 Å². The lowest BCUT2D eigenvalue weighted by molar-refractivity contribution is -0.146. The standard InChI is InChI=1S/C27H28F2N6O4/c1-5-23(36)32-17-7-6-8-18(11-17)33-25-21(29)13-31-27(35-25)34-19-9-10-22(20(28)12-19)39-16(4)14-38-26(37)24(30)15(2)3/h5-13,16,24H,1-2,14,30H2,3-4H3,(H,32,36)(H2,31,33,34,35)/t16-,24+/m1/s1. The number of amides is 1. The Morgan fingerprint density at radius 2 is 1.82 bits per heavy atom. The van der Waals surface area contributed by atoms with E-state index < -0.39 is 35.7 Å². The van der Waals surface area contributed by atoms with Gasteiger partial charge in [-0.1, -0.05) is 24.8 Å². The monoisotopic (exact) mass is 538 g/mol. The van der Waals surface area contributed by atoms with Crippen LogP contribution in [0, 0.1) is 11.6 Å². The van der Waals surface area contributed by atoms with E-state index in [0.717, 1.165) is 18.3 Å². The fourth-order valence-corrected chi connectivity index (χ4v) is 3.06. The van der Waals surface area contributed by atoms with Gasteiger partial charge in [0, 0.05) is 23.1 Å². The molecule has 10 nitrogen and oxygen atoms in total. The van der Waals surface area contributed by atoms with Gasteiger partial charge in [-0.05, 0) is 50.3 Å². The SMILES string of the molecule is C=CC(=O)Nc1cccc(Nc2nc(Nc3ccc(O[C@H](C)COC(=O)[C@@H](N)C(=C)C)c(F)c3)ncc2F)c1. The Labute approximate surface area is 223 Å². The lowest BCUT2D eigenvalue weighted by atomic mass is 10.2. The molecule has 0 radical (unpaired) electrons. The summed E-state index contributed by atoms with van der Waals surface area (Å²) in [5, 5.41) is 8.23. The number of anilines is 5. The van der Waals surface area contributed by atoms with E-state index in [2.05, 4.69) is 39.1 Å². The highest BCUT2D eigenvalue weighted by molar-refractivity contribution is 5.99. The predicted molar refractivity (Wildman–Crippen MR) is 144 cm³/mol. The fourth-order valence-electron chi connectivity index (χ4n) is 3.06. The van der Waals surface area contributed by atoms with E-state index in [1.54, 1.807) is 38.1 Å². The molecule has 0 aliphatic rings. The van der Waals surface area contributed by atoms with Crippen molar-refractivity contribution < 1.29 is 27.8 Å². The van der Waals surface area contributed by atoms with Crippen LogP contribution in [0.4, 0.5) is 37.6 Å². The van der Waals surface area contributed by atoms with E-state index in [9.17, 15) is 18.4 Å². The Bertz CT molecular complexity index is 1380. The first kappa shape index (κ1) is 28.7. The van der Waals surface area contributed by atoms with Crippen LogP contribution in [-0.2, 0) is 14.3 Å². The molecule has 204 valence electrons. The summed E-state index contributed by atoms with van der Waals surface area (Å²) < 4.78 is 39.6. The van der Waals surface area contributed by atoms with E-state index in [1.165, 1.54) is 12.1 Å². The molecule has 0 aliphatic heterocycles. The Morgan fingerprint density at radius 3 is 2.51 bits per heavy atom. The molecule has 3 aromatic rings. The summed E-state index contributed by atoms with van der Waals surface area (Å²) in [6.45, 7) is 10.1. The average molecular weight is 539 g/mol. The largest absolute Gasteiger partial charge is 0.484 e. The van der Waals surface area contributed by atoms with Gasteiger partial charge in [-0.3, -0.25) is 9.59 Å². The number of benzene rings is 2. The van der Waals surface area contributed by atoms with Crippen molar-refractivity contribution in [1.29, 1.82) is 0 Å². The number of ether oxygens (including phenoxy) is 2. The molecule has 0 bridgehead atoms. The number of halogens is 2. The van der Waals surface area contributed by atoms with Crippen LogP contribution in [0.15, 0.2) is 73.5 Å². The molecule has 1 aromatic heterocycles. The zero-order valence-corrected chi connectivity index (χ0v) is 21.3. The number of nitrogens with one attached hydrogen (secondary N) is 3. The molecular formula is C27H28F2N6O4. The predicted octanol–water partition coefficient (Wildman–Crippen LogP) is 4.58. The van der Waals surface area contributed by atoms with Crippen molar-refractivity contribution in [2.45, 2.75) is 26.0 Å². The quantitative estimate of drug-likeness (QED) is 0.148. The van der Waals surface area contributed by atoms with Crippen LogP contribution in [0.2, 0.25) is 0 Å². The number of carbonyl (C=O) groups excluding carboxylic acids is 2. The van der Waals surface area contributed by atoms with Crippen LogP contribution in [0.25, 0.3) is 0 Å². The van der Waals surface area contributed by atoms with Gasteiger partial charge >= 0.3 is 5.97 Å². The van der Waals surface area contributed by atoms with Crippen molar-refractivity contribution in [3.8, 4) is 5.75 Å². The minimum Gasteiger partial charge on any atom is -0.484 e. The van der Waals surface area contributed by atoms with E-state index in [-0.39, 0.29) is 29.8 Å². The number of rotatable bonds is 12. The second-order valence-electron chi connectivity index (χ2n) is 8.44. The third-order valence-electron chi connectivity index (χ3n) is 5.08. The molecule has 39 heavy (non-hydrogen) atoms. The van der Waals surface area contributed by atoms with Crippen molar-refractivity contribution in [2.24, 2.45) is 5.73 Å². The molecule has 5 N–H and O–H groups in total. The first-order chi connectivity index (χ1) is 18.5. The molecule has 0 saturated carbocycles. The maximum absolute atomic E-state index is 14.7. The van der Waals surface area contributed by atoms with Crippen LogP contribution < -0.4 is 26.4 Å². The molecule has 0 unspecified atom stereocenters. The average Bonchev–Trinajstić information content (AvgIpc) is 2.90. The number of nitrogens with zero attached hydrogens (tertiary/aromatic N) is 2. The number of carbonyl (C=O) groups is 2. The van der Waals surface area contributed by atoms with Crippen molar-refractivity contribution in [2.75, 3.05) is 22.6 Å². The van der Waals surface area contributed by atoms with Gasteiger partial charge in [0.1, 0.15) is 18.8 Å². The normalized spacial score (nSPS) is 12.0. The summed E-state index contributed by atoms with van der Waals surface area (Å²) in [4.78, 5) is 31.3. The van der Waals surface area contributed by atoms with Gasteiger partial charge in [-0.2, -0.15) is 4.98 Å². The van der Waals surface area contributed by atoms with Crippen molar-refractivity contribution >= 4 is 40.7 Å². The molecule has 0 saturated heterocycles. The van der Waals surface area contributed by atoms with Gasteiger partial charge in [0.15, 0.2) is 23.2 Å². The van der Waals surface area contributed by atoms with Crippen LogP contribution in [0.5, 0.6) is 5.75 Å². The highest BCUT2D eigenvalue weighted by atomic mass is 19.1. The van der Waals surface area contributed by atoms with E-state index >= 15 is 0 Å². The Hall–Kier alpha value is -4.84. The summed E-state index contributed by atoms with van der Waals surface area (Å²) in [5.74, 6) is -2.69. The van der Waals surface area contributed by atoms with Crippen LogP contribution in [0.3, 0.4) is 0 Å². The maximum atomic E-state index is 14.7. The molecule has 2 aromatic carbocycles. The minimum absolute atomic E-state index is 0.00258. The van der Waals surface area contributed by atoms with E-state index in [0.29, 0.717) is 16.9 Å². The fraction of sp³-hybridized carbons (Fsp3) is 0.185. The summed E-state index contributed by atoms with van der Waals surface area (Å²) in [7, 11) is 0. The van der Waals surface area contributed by atoms with Gasteiger partial charge in [-0.25, -0.2) is 13.8 Å². The molecule has 3 rings (SSSR count). The lowest BCUT2D eigenvalue weighted by Crippen LogP contribution is -2.35. The summed E-state index contributed by atoms with van der Waals surface area (Å²) in [5.41, 5.74) is 7.31. The molecule has 2 atom stereocenters.